The molecule has 1 heterocycles. The van der Waals surface area contributed by atoms with Crippen LogP contribution in [0, 0.1) is 6.92 Å². The van der Waals surface area contributed by atoms with E-state index in [0.717, 1.165) is 11.1 Å². The monoisotopic (exact) mass is 209 g/mol. The van der Waals surface area contributed by atoms with Crippen molar-refractivity contribution >= 4 is 15.4 Å². The molecule has 2 rings (SSSR count). The summed E-state index contributed by atoms with van der Waals surface area (Å²) in [6, 6.07) is 5.29. The van der Waals surface area contributed by atoms with Gasteiger partial charge in [-0.05, 0) is 24.1 Å². The van der Waals surface area contributed by atoms with E-state index < -0.39 is 9.84 Å². The molecule has 0 fully saturated rings. The van der Waals surface area contributed by atoms with Crippen LogP contribution in [0.5, 0.6) is 0 Å². The summed E-state index contributed by atoms with van der Waals surface area (Å²) in [5, 5.41) is 1.26. The molecular formula is C10H11NO2S. The fraction of sp³-hybridized carbons (Fsp3) is 0.200. The summed E-state index contributed by atoms with van der Waals surface area (Å²) in [7, 11) is -3.23. The molecule has 0 saturated carbocycles. The molecular weight excluding hydrogens is 198 g/mol. The minimum atomic E-state index is -3.23. The first kappa shape index (κ1) is 9.43. The fourth-order valence-electron chi connectivity index (χ4n) is 1.62. The first-order valence-electron chi connectivity index (χ1n) is 4.31. The maximum Gasteiger partial charge on any atom is 0.200 e. The van der Waals surface area contributed by atoms with E-state index in [-0.39, 0.29) is 6.54 Å². The summed E-state index contributed by atoms with van der Waals surface area (Å²) < 4.78 is 23.2. The van der Waals surface area contributed by atoms with Crippen molar-refractivity contribution in [1.82, 2.24) is 0 Å². The lowest BCUT2D eigenvalue weighted by molar-refractivity contribution is 0.605. The molecule has 0 aromatic heterocycles. The summed E-state index contributed by atoms with van der Waals surface area (Å²) in [6.07, 6.45) is 0. The number of aryl methyl sites for hydroxylation is 1. The average molecular weight is 209 g/mol. The zero-order valence-electron chi connectivity index (χ0n) is 7.82. The van der Waals surface area contributed by atoms with Crippen molar-refractivity contribution in [2.75, 3.05) is 6.54 Å². The van der Waals surface area contributed by atoms with Crippen molar-refractivity contribution in [3.05, 3.63) is 34.7 Å². The second-order valence-corrected chi connectivity index (χ2v) is 5.16. The maximum atomic E-state index is 11.6. The quantitative estimate of drug-likeness (QED) is 0.753. The largest absolute Gasteiger partial charge is 0.326 e. The van der Waals surface area contributed by atoms with E-state index in [1.54, 1.807) is 12.1 Å². The van der Waals surface area contributed by atoms with Gasteiger partial charge in [-0.1, -0.05) is 17.7 Å². The van der Waals surface area contributed by atoms with Crippen LogP contribution in [0.2, 0.25) is 0 Å². The third-order valence-electron chi connectivity index (χ3n) is 2.30. The third kappa shape index (κ3) is 1.27. The number of hydrogen-bond acceptors (Lipinski definition) is 3. The molecule has 2 N–H and O–H groups in total. The second-order valence-electron chi connectivity index (χ2n) is 3.39. The molecule has 1 aromatic carbocycles. The topological polar surface area (TPSA) is 60.2 Å². The van der Waals surface area contributed by atoms with E-state index in [1.165, 1.54) is 5.41 Å². The zero-order chi connectivity index (χ0) is 10.3. The van der Waals surface area contributed by atoms with Crippen LogP contribution in [-0.2, 0) is 9.84 Å². The highest BCUT2D eigenvalue weighted by atomic mass is 32.2. The summed E-state index contributed by atoms with van der Waals surface area (Å²) in [4.78, 5) is 0.378. The number of fused-ring (bicyclic) bond motifs is 1. The Kier molecular flexibility index (Phi) is 1.97. The lowest BCUT2D eigenvalue weighted by Crippen LogP contribution is -2.00. The summed E-state index contributed by atoms with van der Waals surface area (Å²) in [6.45, 7) is 2.19. The number of hydrogen-bond donors (Lipinski definition) is 1. The Labute approximate surface area is 83.2 Å². The molecule has 3 nitrogen and oxygen atoms in total. The summed E-state index contributed by atoms with van der Waals surface area (Å²) >= 11 is 0. The van der Waals surface area contributed by atoms with Gasteiger partial charge in [0.25, 0.3) is 0 Å². The first-order chi connectivity index (χ1) is 6.54. The van der Waals surface area contributed by atoms with Gasteiger partial charge >= 0.3 is 0 Å². The van der Waals surface area contributed by atoms with Crippen molar-refractivity contribution in [2.45, 2.75) is 11.8 Å². The normalized spacial score (nSPS) is 17.7. The molecule has 0 saturated heterocycles. The highest BCUT2D eigenvalue weighted by Gasteiger charge is 2.25. The molecule has 4 heteroatoms. The van der Waals surface area contributed by atoms with Gasteiger partial charge in [-0.2, -0.15) is 0 Å². The Hall–Kier alpha value is -1.13. The maximum absolute atomic E-state index is 11.6. The Morgan fingerprint density at radius 1 is 1.36 bits per heavy atom. The van der Waals surface area contributed by atoms with Crippen LogP contribution in [0.25, 0.3) is 5.57 Å². The van der Waals surface area contributed by atoms with Crippen LogP contribution < -0.4 is 5.73 Å². The molecule has 0 unspecified atom stereocenters. The molecule has 0 bridgehead atoms. The smallest absolute Gasteiger partial charge is 0.200 e. The number of sulfone groups is 1. The molecule has 0 atom stereocenters. The summed E-state index contributed by atoms with van der Waals surface area (Å²) in [5.41, 5.74) is 7.98. The molecule has 1 aliphatic rings. The van der Waals surface area contributed by atoms with Crippen LogP contribution in [0.1, 0.15) is 11.1 Å². The molecule has 0 spiro atoms. The molecule has 0 radical (unpaired) electrons. The number of rotatable bonds is 1. The van der Waals surface area contributed by atoms with Gasteiger partial charge < -0.3 is 5.73 Å². The van der Waals surface area contributed by atoms with E-state index in [0.29, 0.717) is 10.5 Å². The minimum absolute atomic E-state index is 0.260. The van der Waals surface area contributed by atoms with Gasteiger partial charge in [0.15, 0.2) is 0 Å². The average Bonchev–Trinajstić information content (AvgIpc) is 2.37. The van der Waals surface area contributed by atoms with E-state index >= 15 is 0 Å². The van der Waals surface area contributed by atoms with Gasteiger partial charge in [-0.25, -0.2) is 8.42 Å². The van der Waals surface area contributed by atoms with Crippen molar-refractivity contribution in [3.63, 3.8) is 0 Å². The van der Waals surface area contributed by atoms with Crippen LogP contribution in [0.3, 0.4) is 0 Å². The molecule has 0 aliphatic carbocycles. The highest BCUT2D eigenvalue weighted by Crippen LogP contribution is 2.32. The molecule has 1 aromatic rings. The van der Waals surface area contributed by atoms with Crippen molar-refractivity contribution in [3.8, 4) is 0 Å². The SMILES string of the molecule is Cc1ccc2c(c1)C(CN)=CS2(=O)=O. The Balaban J connectivity index is 2.75. The van der Waals surface area contributed by atoms with Crippen molar-refractivity contribution in [2.24, 2.45) is 5.73 Å². The van der Waals surface area contributed by atoms with Crippen molar-refractivity contribution < 1.29 is 8.42 Å². The van der Waals surface area contributed by atoms with Crippen LogP contribution in [0.4, 0.5) is 0 Å². The minimum Gasteiger partial charge on any atom is -0.326 e. The van der Waals surface area contributed by atoms with Gasteiger partial charge in [-0.3, -0.25) is 0 Å². The lowest BCUT2D eigenvalue weighted by atomic mass is 10.1. The van der Waals surface area contributed by atoms with Crippen LogP contribution in [-0.4, -0.2) is 15.0 Å². The molecule has 0 amide bonds. The Morgan fingerprint density at radius 3 is 2.71 bits per heavy atom. The van der Waals surface area contributed by atoms with Gasteiger partial charge in [-0.15, -0.1) is 0 Å². The number of nitrogens with two attached hydrogens (primary N) is 1. The van der Waals surface area contributed by atoms with E-state index in [9.17, 15) is 8.42 Å². The van der Waals surface area contributed by atoms with Gasteiger partial charge in [0.05, 0.1) is 4.90 Å². The second kappa shape index (κ2) is 2.93. The van der Waals surface area contributed by atoms with Gasteiger partial charge in [0.1, 0.15) is 0 Å². The van der Waals surface area contributed by atoms with Crippen molar-refractivity contribution in [1.29, 1.82) is 0 Å². The Bertz CT molecular complexity index is 515. The van der Waals surface area contributed by atoms with Gasteiger partial charge in [0, 0.05) is 12.0 Å². The molecule has 74 valence electrons. The number of benzene rings is 1. The fourth-order valence-corrected chi connectivity index (χ4v) is 3.09. The van der Waals surface area contributed by atoms with Crippen LogP contribution >= 0.6 is 0 Å². The Morgan fingerprint density at radius 2 is 2.07 bits per heavy atom. The molecule has 14 heavy (non-hydrogen) atoms. The van der Waals surface area contributed by atoms with Gasteiger partial charge in [0.2, 0.25) is 9.84 Å². The summed E-state index contributed by atoms with van der Waals surface area (Å²) in [5.74, 6) is 0. The predicted octanol–water partition coefficient (Wildman–Crippen LogP) is 1.08. The highest BCUT2D eigenvalue weighted by molar-refractivity contribution is 7.95. The third-order valence-corrected chi connectivity index (χ3v) is 3.87. The predicted molar refractivity (Wildman–Crippen MR) is 55.4 cm³/mol. The van der Waals surface area contributed by atoms with E-state index in [4.69, 9.17) is 5.73 Å². The molecule has 1 aliphatic heterocycles. The lowest BCUT2D eigenvalue weighted by Gasteiger charge is -2.02. The van der Waals surface area contributed by atoms with Crippen LogP contribution in [0.15, 0.2) is 28.5 Å². The van der Waals surface area contributed by atoms with E-state index in [2.05, 4.69) is 0 Å². The first-order valence-corrected chi connectivity index (χ1v) is 5.86. The zero-order valence-corrected chi connectivity index (χ0v) is 8.64. The van der Waals surface area contributed by atoms with E-state index in [1.807, 2.05) is 13.0 Å². The standard InChI is InChI=1S/C10H11NO2S/c1-7-2-3-10-9(4-7)8(5-11)6-14(10,12)13/h2-4,6H,5,11H2,1H3.